The van der Waals surface area contributed by atoms with Crippen molar-refractivity contribution in [3.05, 3.63) is 24.1 Å². The van der Waals surface area contributed by atoms with Gasteiger partial charge >= 0.3 is 0 Å². The van der Waals surface area contributed by atoms with E-state index in [1.165, 1.54) is 0 Å². The third-order valence-electron chi connectivity index (χ3n) is 1.03. The zero-order valence-corrected chi connectivity index (χ0v) is 6.00. The van der Waals surface area contributed by atoms with Gasteiger partial charge in [-0.25, -0.2) is 4.39 Å². The van der Waals surface area contributed by atoms with Gasteiger partial charge in [0.2, 0.25) is 0 Å². The van der Waals surface area contributed by atoms with Crippen LogP contribution in [0.5, 0.6) is 0 Å². The monoisotopic (exact) mass is 127 g/mol. The quantitative estimate of drug-likeness (QED) is 0.500. The molecule has 0 atom stereocenters. The highest BCUT2D eigenvalue weighted by Gasteiger charge is 1.85. The highest BCUT2D eigenvalue weighted by molar-refractivity contribution is 5.02. The van der Waals surface area contributed by atoms with Crippen molar-refractivity contribution in [1.82, 2.24) is 0 Å². The van der Waals surface area contributed by atoms with E-state index >= 15 is 0 Å². The molecule has 0 aliphatic rings. The van der Waals surface area contributed by atoms with Crippen LogP contribution in [0.4, 0.5) is 4.39 Å². The van der Waals surface area contributed by atoms with Crippen molar-refractivity contribution in [2.45, 2.75) is 26.7 Å². The molecule has 0 aromatic heterocycles. The predicted octanol–water partition coefficient (Wildman–Crippen LogP) is 3.02. The van der Waals surface area contributed by atoms with Crippen LogP contribution in [0.3, 0.4) is 0 Å². The second kappa shape index (κ2) is 4.34. The third-order valence-corrected chi connectivity index (χ3v) is 1.03. The van der Waals surface area contributed by atoms with E-state index < -0.39 is 0 Å². The first-order valence-corrected chi connectivity index (χ1v) is 3.10. The van der Waals surface area contributed by atoms with Crippen LogP contribution in [0.25, 0.3) is 0 Å². The lowest BCUT2D eigenvalue weighted by Crippen LogP contribution is -1.69. The molecule has 0 heterocycles. The first-order chi connectivity index (χ1) is 4.20. The topological polar surface area (TPSA) is 0 Å². The second-order valence-electron chi connectivity index (χ2n) is 1.91. The van der Waals surface area contributed by atoms with E-state index in [-0.39, 0.29) is 5.83 Å². The standard InChI is InChI=1S/C8H12F/c1-4-7(3)6-8(9)5-2/h1,4-5H2,2-3H3. The molecule has 0 amide bonds. The largest absolute Gasteiger partial charge is 0.203 e. The maximum atomic E-state index is 12.3. The lowest BCUT2D eigenvalue weighted by molar-refractivity contribution is 0.606. The summed E-state index contributed by atoms with van der Waals surface area (Å²) in [6.45, 7) is 7.18. The van der Waals surface area contributed by atoms with Gasteiger partial charge in [0.05, 0.1) is 0 Å². The maximum Gasteiger partial charge on any atom is 0.142 e. The van der Waals surface area contributed by atoms with Crippen molar-refractivity contribution in [2.75, 3.05) is 0 Å². The minimum absolute atomic E-state index is 0.184. The summed E-state index contributed by atoms with van der Waals surface area (Å²) in [7, 11) is 0. The van der Waals surface area contributed by atoms with E-state index in [0.29, 0.717) is 12.8 Å². The van der Waals surface area contributed by atoms with E-state index in [1.54, 1.807) is 6.92 Å². The van der Waals surface area contributed by atoms with Crippen molar-refractivity contribution < 1.29 is 4.39 Å². The normalized spacial score (nSPS) is 8.44. The van der Waals surface area contributed by atoms with Crippen LogP contribution in [0.2, 0.25) is 0 Å². The van der Waals surface area contributed by atoms with E-state index in [1.807, 2.05) is 6.92 Å². The molecule has 0 aliphatic carbocycles. The van der Waals surface area contributed by atoms with E-state index in [4.69, 9.17) is 0 Å². The molecule has 0 aromatic carbocycles. The Hall–Kier alpha value is -0.550. The van der Waals surface area contributed by atoms with Crippen LogP contribution in [0.15, 0.2) is 17.1 Å². The molecule has 51 valence electrons. The average molecular weight is 127 g/mol. The number of hydrogen-bond acceptors (Lipinski definition) is 0. The summed E-state index contributed by atoms with van der Waals surface area (Å²) in [4.78, 5) is 0. The van der Waals surface area contributed by atoms with Gasteiger partial charge < -0.3 is 0 Å². The molecule has 0 spiro atoms. The molecular formula is C8H12F. The Morgan fingerprint density at radius 2 is 2.22 bits per heavy atom. The maximum absolute atomic E-state index is 12.3. The number of halogens is 1. The van der Waals surface area contributed by atoms with E-state index in [2.05, 4.69) is 12.7 Å². The van der Waals surface area contributed by atoms with E-state index in [9.17, 15) is 4.39 Å². The van der Waals surface area contributed by atoms with Gasteiger partial charge in [-0.3, -0.25) is 0 Å². The summed E-state index contributed by atoms with van der Waals surface area (Å²) in [5.41, 5.74) is 3.45. The lowest BCUT2D eigenvalue weighted by atomic mass is 10.2. The van der Waals surface area contributed by atoms with Crippen molar-refractivity contribution in [1.29, 1.82) is 0 Å². The van der Waals surface area contributed by atoms with Crippen LogP contribution in [0, 0.1) is 6.92 Å². The Morgan fingerprint density at radius 3 is 2.56 bits per heavy atom. The predicted molar refractivity (Wildman–Crippen MR) is 37.6 cm³/mol. The molecule has 1 radical (unpaired) electrons. The van der Waals surface area contributed by atoms with Gasteiger partial charge in [0, 0.05) is 6.42 Å². The lowest BCUT2D eigenvalue weighted by Gasteiger charge is -1.86. The Bertz CT molecular complexity index is 125. The number of hydrogen-bond donors (Lipinski definition) is 0. The first-order valence-electron chi connectivity index (χ1n) is 3.10. The molecule has 9 heavy (non-hydrogen) atoms. The van der Waals surface area contributed by atoms with Gasteiger partial charge in [0.25, 0.3) is 0 Å². The molecule has 0 bridgehead atoms. The summed E-state index contributed by atoms with van der Waals surface area (Å²) >= 11 is 0. The van der Waals surface area contributed by atoms with Gasteiger partial charge in [0.15, 0.2) is 0 Å². The van der Waals surface area contributed by atoms with Gasteiger partial charge in [0.1, 0.15) is 5.83 Å². The smallest absolute Gasteiger partial charge is 0.142 e. The summed E-state index contributed by atoms with van der Waals surface area (Å²) in [5.74, 6) is -0.184. The van der Waals surface area contributed by atoms with Crippen molar-refractivity contribution in [3.8, 4) is 0 Å². The molecule has 0 aromatic rings. The highest BCUT2D eigenvalue weighted by Crippen LogP contribution is 2.02. The van der Waals surface area contributed by atoms with Gasteiger partial charge in [-0.1, -0.05) is 12.7 Å². The Balaban J connectivity index is 4.19. The first kappa shape index (κ1) is 8.45. The second-order valence-corrected chi connectivity index (χ2v) is 1.91. The Labute approximate surface area is 56.1 Å². The Morgan fingerprint density at radius 1 is 1.67 bits per heavy atom. The molecular weight excluding hydrogens is 115 g/mol. The molecule has 0 nitrogen and oxygen atoms in total. The molecule has 0 aliphatic heterocycles. The van der Waals surface area contributed by atoms with Crippen molar-refractivity contribution in [2.24, 2.45) is 0 Å². The van der Waals surface area contributed by atoms with Crippen LogP contribution < -0.4 is 0 Å². The SMILES string of the molecule is [CH2]CC(C)=C=C(F)CC. The minimum atomic E-state index is -0.184. The van der Waals surface area contributed by atoms with Crippen LogP contribution in [0.1, 0.15) is 26.7 Å². The average Bonchev–Trinajstić information content (AvgIpc) is 1.87. The molecule has 0 saturated carbocycles. The fourth-order valence-electron chi connectivity index (χ4n) is 0.382. The van der Waals surface area contributed by atoms with E-state index in [0.717, 1.165) is 5.57 Å². The summed E-state index contributed by atoms with van der Waals surface area (Å²) in [6.07, 6.45) is 1.06. The molecule has 0 saturated heterocycles. The van der Waals surface area contributed by atoms with Crippen LogP contribution >= 0.6 is 0 Å². The van der Waals surface area contributed by atoms with Gasteiger partial charge in [-0.05, 0) is 25.8 Å². The fraction of sp³-hybridized carbons (Fsp3) is 0.500. The summed E-state index contributed by atoms with van der Waals surface area (Å²) in [5, 5.41) is 0. The van der Waals surface area contributed by atoms with Crippen LogP contribution in [-0.4, -0.2) is 0 Å². The summed E-state index contributed by atoms with van der Waals surface area (Å²) in [6, 6.07) is 0. The van der Waals surface area contributed by atoms with Crippen molar-refractivity contribution >= 4 is 0 Å². The molecule has 1 heteroatoms. The van der Waals surface area contributed by atoms with Gasteiger partial charge in [-0.2, -0.15) is 0 Å². The zero-order valence-electron chi connectivity index (χ0n) is 6.00. The highest BCUT2D eigenvalue weighted by atomic mass is 19.1. The molecule has 0 rings (SSSR count). The fourth-order valence-corrected chi connectivity index (χ4v) is 0.382. The third kappa shape index (κ3) is 3.99. The minimum Gasteiger partial charge on any atom is -0.203 e. The summed E-state index contributed by atoms with van der Waals surface area (Å²) < 4.78 is 12.3. The van der Waals surface area contributed by atoms with Crippen LogP contribution in [-0.2, 0) is 0 Å². The van der Waals surface area contributed by atoms with Crippen molar-refractivity contribution in [3.63, 3.8) is 0 Å². The molecule has 0 fully saturated rings. The molecule has 0 N–H and O–H groups in total. The van der Waals surface area contributed by atoms with Gasteiger partial charge in [-0.15, -0.1) is 0 Å². The zero-order chi connectivity index (χ0) is 7.28. The Kier molecular flexibility index (Phi) is 4.08. The number of allylic oxidation sites excluding steroid dienone is 1. The molecule has 0 unspecified atom stereocenters. The number of rotatable bonds is 2.